The first-order chi connectivity index (χ1) is 11.4. The maximum absolute atomic E-state index is 6.01. The van der Waals surface area contributed by atoms with Crippen molar-refractivity contribution in [2.45, 2.75) is 6.61 Å². The molecule has 4 rings (SSSR count). The third kappa shape index (κ3) is 2.66. The van der Waals surface area contributed by atoms with Crippen molar-refractivity contribution in [3.63, 3.8) is 0 Å². The monoisotopic (exact) mass is 301 g/mol. The molecule has 0 aliphatic rings. The lowest BCUT2D eigenvalue weighted by Gasteiger charge is -2.10. The predicted molar refractivity (Wildman–Crippen MR) is 89.2 cm³/mol. The summed E-state index contributed by atoms with van der Waals surface area (Å²) in [5.74, 6) is 1.58. The average Bonchev–Trinajstić information content (AvgIpc) is 3.05. The van der Waals surface area contributed by atoms with Crippen LogP contribution in [0.4, 0.5) is 0 Å². The van der Waals surface area contributed by atoms with Gasteiger partial charge in [0, 0.05) is 6.20 Å². The molecule has 0 radical (unpaired) electrons. The van der Waals surface area contributed by atoms with Crippen molar-refractivity contribution in [3.05, 3.63) is 84.6 Å². The zero-order chi connectivity index (χ0) is 15.5. The van der Waals surface area contributed by atoms with Gasteiger partial charge in [0.15, 0.2) is 11.5 Å². The number of ether oxygens (including phenoxy) is 1. The van der Waals surface area contributed by atoms with Crippen LogP contribution in [0.5, 0.6) is 5.75 Å². The number of benzene rings is 2. The lowest BCUT2D eigenvalue weighted by molar-refractivity contribution is 0.307. The Kier molecular flexibility index (Phi) is 3.48. The van der Waals surface area contributed by atoms with Gasteiger partial charge in [-0.15, -0.1) is 10.2 Å². The van der Waals surface area contributed by atoms with Gasteiger partial charge in [-0.3, -0.25) is 4.40 Å². The molecule has 0 N–H and O–H groups in total. The standard InChI is InChI=1S/C19H15N3O/c1-2-8-15(9-3-1)14-23-17-11-5-4-10-16(17)19-21-20-18-12-6-7-13-22(18)19/h1-13H,14H2. The van der Waals surface area contributed by atoms with E-state index >= 15 is 0 Å². The van der Waals surface area contributed by atoms with E-state index < -0.39 is 0 Å². The van der Waals surface area contributed by atoms with E-state index in [-0.39, 0.29) is 0 Å². The number of aromatic nitrogens is 3. The summed E-state index contributed by atoms with van der Waals surface area (Å²) >= 11 is 0. The van der Waals surface area contributed by atoms with Crippen LogP contribution in [0.25, 0.3) is 17.0 Å². The van der Waals surface area contributed by atoms with Crippen LogP contribution in [0, 0.1) is 0 Å². The number of fused-ring (bicyclic) bond motifs is 1. The number of rotatable bonds is 4. The number of nitrogens with zero attached hydrogens (tertiary/aromatic N) is 3. The van der Waals surface area contributed by atoms with Crippen molar-refractivity contribution in [1.82, 2.24) is 14.6 Å². The van der Waals surface area contributed by atoms with Crippen molar-refractivity contribution < 1.29 is 4.74 Å². The fourth-order valence-corrected chi connectivity index (χ4v) is 2.54. The van der Waals surface area contributed by atoms with Gasteiger partial charge in [0.05, 0.1) is 5.56 Å². The van der Waals surface area contributed by atoms with Gasteiger partial charge in [0.2, 0.25) is 0 Å². The second-order valence-electron chi connectivity index (χ2n) is 5.22. The van der Waals surface area contributed by atoms with Gasteiger partial charge >= 0.3 is 0 Å². The first kappa shape index (κ1) is 13.5. The molecule has 0 aliphatic heterocycles. The van der Waals surface area contributed by atoms with Gasteiger partial charge in [-0.1, -0.05) is 48.5 Å². The highest BCUT2D eigenvalue weighted by atomic mass is 16.5. The van der Waals surface area contributed by atoms with Crippen LogP contribution in [0.2, 0.25) is 0 Å². The van der Waals surface area contributed by atoms with Crippen LogP contribution in [-0.2, 0) is 6.61 Å². The van der Waals surface area contributed by atoms with E-state index in [0.717, 1.165) is 28.3 Å². The van der Waals surface area contributed by atoms with Crippen LogP contribution < -0.4 is 4.74 Å². The Morgan fingerprint density at radius 1 is 0.783 bits per heavy atom. The van der Waals surface area contributed by atoms with Crippen LogP contribution in [0.1, 0.15) is 5.56 Å². The summed E-state index contributed by atoms with van der Waals surface area (Å²) in [6.45, 7) is 0.522. The molecule has 0 bridgehead atoms. The molecule has 2 aromatic carbocycles. The van der Waals surface area contributed by atoms with Crippen LogP contribution >= 0.6 is 0 Å². The highest BCUT2D eigenvalue weighted by Gasteiger charge is 2.12. The van der Waals surface area contributed by atoms with Crippen LogP contribution in [0.15, 0.2) is 79.0 Å². The molecule has 23 heavy (non-hydrogen) atoms. The van der Waals surface area contributed by atoms with E-state index in [9.17, 15) is 0 Å². The van der Waals surface area contributed by atoms with Gasteiger partial charge in [0.1, 0.15) is 12.4 Å². The van der Waals surface area contributed by atoms with E-state index in [1.807, 2.05) is 71.3 Å². The van der Waals surface area contributed by atoms with Crippen LogP contribution in [0.3, 0.4) is 0 Å². The fourth-order valence-electron chi connectivity index (χ4n) is 2.54. The zero-order valence-electron chi connectivity index (χ0n) is 12.5. The molecule has 0 amide bonds. The summed E-state index contributed by atoms with van der Waals surface area (Å²) < 4.78 is 7.98. The molecule has 0 unspecified atom stereocenters. The molecule has 4 heteroatoms. The number of hydrogen-bond donors (Lipinski definition) is 0. The van der Waals surface area contributed by atoms with Gasteiger partial charge in [-0.05, 0) is 29.8 Å². The Morgan fingerprint density at radius 3 is 2.48 bits per heavy atom. The van der Waals surface area contributed by atoms with Crippen molar-refractivity contribution in [1.29, 1.82) is 0 Å². The van der Waals surface area contributed by atoms with E-state index in [0.29, 0.717) is 6.61 Å². The molecule has 112 valence electrons. The fraction of sp³-hybridized carbons (Fsp3) is 0.0526. The van der Waals surface area contributed by atoms with Crippen molar-refractivity contribution in [2.24, 2.45) is 0 Å². The third-order valence-corrected chi connectivity index (χ3v) is 3.68. The van der Waals surface area contributed by atoms with E-state index in [2.05, 4.69) is 22.3 Å². The van der Waals surface area contributed by atoms with E-state index in [1.54, 1.807) is 0 Å². The molecule has 0 aliphatic carbocycles. The highest BCUT2D eigenvalue weighted by Crippen LogP contribution is 2.29. The first-order valence-corrected chi connectivity index (χ1v) is 7.48. The average molecular weight is 301 g/mol. The zero-order valence-corrected chi connectivity index (χ0v) is 12.5. The molecular weight excluding hydrogens is 286 g/mol. The molecule has 0 saturated heterocycles. The van der Waals surface area contributed by atoms with E-state index in [1.165, 1.54) is 0 Å². The van der Waals surface area contributed by atoms with Gasteiger partial charge in [-0.2, -0.15) is 0 Å². The quantitative estimate of drug-likeness (QED) is 0.572. The topological polar surface area (TPSA) is 39.4 Å². The molecule has 4 nitrogen and oxygen atoms in total. The number of para-hydroxylation sites is 1. The van der Waals surface area contributed by atoms with Crippen LogP contribution in [-0.4, -0.2) is 14.6 Å². The van der Waals surface area contributed by atoms with E-state index in [4.69, 9.17) is 4.74 Å². The van der Waals surface area contributed by atoms with Crippen molar-refractivity contribution in [3.8, 4) is 17.1 Å². The second kappa shape index (κ2) is 5.93. The highest BCUT2D eigenvalue weighted by molar-refractivity contribution is 5.66. The molecule has 2 heterocycles. The SMILES string of the molecule is c1ccc(COc2ccccc2-c2nnc3ccccn23)cc1. The smallest absolute Gasteiger partial charge is 0.172 e. The summed E-state index contributed by atoms with van der Waals surface area (Å²) in [5.41, 5.74) is 2.89. The minimum absolute atomic E-state index is 0.522. The summed E-state index contributed by atoms with van der Waals surface area (Å²) in [6.07, 6.45) is 1.96. The molecule has 0 atom stereocenters. The Hall–Kier alpha value is -3.14. The number of pyridine rings is 1. The molecular formula is C19H15N3O. The molecule has 0 saturated carbocycles. The minimum atomic E-state index is 0.522. The summed E-state index contributed by atoms with van der Waals surface area (Å²) in [5, 5.41) is 8.53. The molecule has 0 spiro atoms. The van der Waals surface area contributed by atoms with Crippen molar-refractivity contribution in [2.75, 3.05) is 0 Å². The Labute approximate surface area is 134 Å². The largest absolute Gasteiger partial charge is 0.488 e. The Morgan fingerprint density at radius 2 is 1.57 bits per heavy atom. The first-order valence-electron chi connectivity index (χ1n) is 7.48. The lowest BCUT2D eigenvalue weighted by atomic mass is 10.2. The third-order valence-electron chi connectivity index (χ3n) is 3.68. The predicted octanol–water partition coefficient (Wildman–Crippen LogP) is 3.98. The maximum atomic E-state index is 6.01. The molecule has 0 fully saturated rings. The van der Waals surface area contributed by atoms with Crippen molar-refractivity contribution >= 4 is 5.65 Å². The Balaban J connectivity index is 1.70. The minimum Gasteiger partial charge on any atom is -0.488 e. The second-order valence-corrected chi connectivity index (χ2v) is 5.22. The summed E-state index contributed by atoms with van der Waals surface area (Å²) in [6, 6.07) is 23.9. The lowest BCUT2D eigenvalue weighted by Crippen LogP contribution is -1.98. The normalized spacial score (nSPS) is 10.8. The number of hydrogen-bond acceptors (Lipinski definition) is 3. The van der Waals surface area contributed by atoms with Gasteiger partial charge in [-0.25, -0.2) is 0 Å². The van der Waals surface area contributed by atoms with Gasteiger partial charge < -0.3 is 4.74 Å². The summed E-state index contributed by atoms with van der Waals surface area (Å²) in [7, 11) is 0. The van der Waals surface area contributed by atoms with Gasteiger partial charge in [0.25, 0.3) is 0 Å². The molecule has 2 aromatic heterocycles. The molecule has 4 aromatic rings. The summed E-state index contributed by atoms with van der Waals surface area (Å²) in [4.78, 5) is 0. The maximum Gasteiger partial charge on any atom is 0.172 e. The Bertz CT molecular complexity index is 931.